The van der Waals surface area contributed by atoms with Gasteiger partial charge in [-0.25, -0.2) is 0 Å². The van der Waals surface area contributed by atoms with Gasteiger partial charge in [-0.1, -0.05) is 135 Å². The lowest BCUT2D eigenvalue weighted by atomic mass is 10.0. The number of likely N-dealkylation sites (N-methyl/N-ethyl adjacent to an activating group) is 1. The van der Waals surface area contributed by atoms with Gasteiger partial charge >= 0.3 is 0 Å². The number of rotatable bonds is 32. The van der Waals surface area contributed by atoms with Gasteiger partial charge in [0.2, 0.25) is 5.91 Å². The number of nitrogens with zero attached hydrogens (tertiary/aromatic N) is 1. The number of unbranched alkanes of at least 4 members (excludes halogenated alkanes) is 18. The van der Waals surface area contributed by atoms with Crippen molar-refractivity contribution < 1.29 is 32.9 Å². The summed E-state index contributed by atoms with van der Waals surface area (Å²) < 4.78 is 23.0. The van der Waals surface area contributed by atoms with Crippen LogP contribution in [0, 0.1) is 0 Å². The van der Waals surface area contributed by atoms with E-state index in [2.05, 4.69) is 25.2 Å². The zero-order valence-corrected chi connectivity index (χ0v) is 30.3. The van der Waals surface area contributed by atoms with E-state index in [1.807, 2.05) is 27.2 Å². The molecule has 0 saturated carbocycles. The van der Waals surface area contributed by atoms with Gasteiger partial charge in [0.15, 0.2) is 0 Å². The highest BCUT2D eigenvalue weighted by molar-refractivity contribution is 7.45. The van der Waals surface area contributed by atoms with E-state index in [9.17, 15) is 19.4 Å². The van der Waals surface area contributed by atoms with Crippen LogP contribution in [0.15, 0.2) is 12.2 Å². The molecule has 0 bridgehead atoms. The molecule has 3 atom stereocenters. The number of nitrogens with one attached hydrogen (secondary N) is 1. The number of aliphatic hydroxyl groups excluding tert-OH is 1. The molecule has 0 spiro atoms. The molecule has 0 aliphatic rings. The molecule has 0 saturated heterocycles. The minimum Gasteiger partial charge on any atom is -0.756 e. The monoisotopic (exact) mass is 647 g/mol. The summed E-state index contributed by atoms with van der Waals surface area (Å²) in [5, 5.41) is 13.7. The maximum atomic E-state index is 12.7. The van der Waals surface area contributed by atoms with Crippen molar-refractivity contribution in [2.75, 3.05) is 40.9 Å². The van der Waals surface area contributed by atoms with Gasteiger partial charge in [-0.05, 0) is 25.7 Å². The number of aliphatic hydroxyl groups is 1. The second kappa shape index (κ2) is 28.5. The maximum absolute atomic E-state index is 12.7. The standard InChI is InChI=1S/C35H71N2O6P/c1-6-8-10-12-14-16-17-18-19-21-22-24-26-28-34(38)33(32-43-44(40,41)42-31-30-37(3,4)5)36-35(39)29-27-25-23-20-15-13-11-9-7-2/h24,26,33-34,38H,6-23,25,27-32H2,1-5H3,(H-,36,39,40,41)/t33-,34+/m0/s1. The van der Waals surface area contributed by atoms with Crippen molar-refractivity contribution in [3.63, 3.8) is 0 Å². The Morgan fingerprint density at radius 3 is 1.75 bits per heavy atom. The van der Waals surface area contributed by atoms with Crippen molar-refractivity contribution in [1.82, 2.24) is 5.32 Å². The van der Waals surface area contributed by atoms with Gasteiger partial charge in [0, 0.05) is 6.42 Å². The van der Waals surface area contributed by atoms with Gasteiger partial charge in [-0.15, -0.1) is 0 Å². The maximum Gasteiger partial charge on any atom is 0.268 e. The topological polar surface area (TPSA) is 108 Å². The molecule has 0 fully saturated rings. The molecule has 1 unspecified atom stereocenters. The van der Waals surface area contributed by atoms with E-state index in [-0.39, 0.29) is 19.1 Å². The van der Waals surface area contributed by atoms with Crippen molar-refractivity contribution in [3.05, 3.63) is 12.2 Å². The lowest BCUT2D eigenvalue weighted by Crippen LogP contribution is -2.46. The van der Waals surface area contributed by atoms with E-state index in [4.69, 9.17) is 9.05 Å². The van der Waals surface area contributed by atoms with E-state index in [0.717, 1.165) is 32.1 Å². The van der Waals surface area contributed by atoms with Crippen LogP contribution in [-0.4, -0.2) is 68.5 Å². The molecule has 0 radical (unpaired) electrons. The van der Waals surface area contributed by atoms with Crippen LogP contribution < -0.4 is 10.2 Å². The fourth-order valence-electron chi connectivity index (χ4n) is 5.03. The Balaban J connectivity index is 4.57. The van der Waals surface area contributed by atoms with Crippen molar-refractivity contribution in [3.8, 4) is 0 Å². The summed E-state index contributed by atoms with van der Waals surface area (Å²) in [6, 6.07) is -0.840. The summed E-state index contributed by atoms with van der Waals surface area (Å²) in [6.07, 6.45) is 28.1. The minimum absolute atomic E-state index is 0.00412. The highest BCUT2D eigenvalue weighted by atomic mass is 31.2. The molecule has 44 heavy (non-hydrogen) atoms. The largest absolute Gasteiger partial charge is 0.756 e. The SMILES string of the molecule is CCCCCCCCCCCCC=CC[C@@H](O)[C@H](COP(=O)([O-])OCC[N+](C)(C)C)NC(=O)CCCCCCCCCCC. The first-order valence-electron chi connectivity index (χ1n) is 18.0. The fraction of sp³-hybridized carbons (Fsp3) is 0.914. The van der Waals surface area contributed by atoms with E-state index in [1.165, 1.54) is 96.3 Å². The predicted molar refractivity (Wildman–Crippen MR) is 182 cm³/mol. The Morgan fingerprint density at radius 2 is 1.25 bits per heavy atom. The van der Waals surface area contributed by atoms with Crippen molar-refractivity contribution in [2.45, 2.75) is 167 Å². The molecular formula is C35H71N2O6P. The van der Waals surface area contributed by atoms with Gasteiger partial charge in [-0.2, -0.15) is 0 Å². The molecule has 0 aliphatic carbocycles. The van der Waals surface area contributed by atoms with Crippen molar-refractivity contribution in [2.24, 2.45) is 0 Å². The first kappa shape index (κ1) is 43.2. The van der Waals surface area contributed by atoms with E-state index in [0.29, 0.717) is 23.9 Å². The third-order valence-corrected chi connectivity index (χ3v) is 8.97. The Morgan fingerprint density at radius 1 is 0.773 bits per heavy atom. The average molecular weight is 647 g/mol. The molecular weight excluding hydrogens is 575 g/mol. The van der Waals surface area contributed by atoms with Crippen molar-refractivity contribution in [1.29, 1.82) is 0 Å². The third-order valence-electron chi connectivity index (χ3n) is 8.01. The molecule has 1 amide bonds. The summed E-state index contributed by atoms with van der Waals surface area (Å²) in [5.41, 5.74) is 0. The summed E-state index contributed by atoms with van der Waals surface area (Å²) in [7, 11) is 1.27. The van der Waals surface area contributed by atoms with E-state index < -0.39 is 20.0 Å². The smallest absolute Gasteiger partial charge is 0.268 e. The normalized spacial score (nSPS) is 15.0. The van der Waals surface area contributed by atoms with E-state index >= 15 is 0 Å². The summed E-state index contributed by atoms with van der Waals surface area (Å²) in [4.78, 5) is 25.0. The van der Waals surface area contributed by atoms with Crippen LogP contribution >= 0.6 is 7.82 Å². The lowest BCUT2D eigenvalue weighted by Gasteiger charge is -2.29. The third kappa shape index (κ3) is 29.9. The Hall–Kier alpha value is -0.760. The van der Waals surface area contributed by atoms with Gasteiger partial charge in [-0.3, -0.25) is 9.36 Å². The van der Waals surface area contributed by atoms with E-state index in [1.54, 1.807) is 0 Å². The Kier molecular flexibility index (Phi) is 28.0. The lowest BCUT2D eigenvalue weighted by molar-refractivity contribution is -0.870. The van der Waals surface area contributed by atoms with Crippen LogP contribution in [0.3, 0.4) is 0 Å². The van der Waals surface area contributed by atoms with Crippen LogP contribution in [0.5, 0.6) is 0 Å². The van der Waals surface area contributed by atoms with Crippen molar-refractivity contribution >= 4 is 13.7 Å². The van der Waals surface area contributed by atoms with Gasteiger partial charge < -0.3 is 28.8 Å². The van der Waals surface area contributed by atoms with Crippen LogP contribution in [-0.2, 0) is 18.4 Å². The molecule has 0 aromatic rings. The van der Waals surface area contributed by atoms with Gasteiger partial charge in [0.1, 0.15) is 13.2 Å². The minimum atomic E-state index is -4.56. The van der Waals surface area contributed by atoms with Crippen LogP contribution in [0.1, 0.15) is 155 Å². The second-order valence-electron chi connectivity index (χ2n) is 13.6. The molecule has 0 rings (SSSR count). The Labute approximate surface area is 272 Å². The molecule has 8 nitrogen and oxygen atoms in total. The molecule has 0 aromatic heterocycles. The highest BCUT2D eigenvalue weighted by Crippen LogP contribution is 2.38. The fourth-order valence-corrected chi connectivity index (χ4v) is 5.75. The van der Waals surface area contributed by atoms with Crippen LogP contribution in [0.2, 0.25) is 0 Å². The number of carbonyl (C=O) groups excluding carboxylic acids is 1. The number of phosphoric ester groups is 1. The molecule has 2 N–H and O–H groups in total. The number of phosphoric acid groups is 1. The number of hydrogen-bond donors (Lipinski definition) is 2. The number of hydrogen-bond acceptors (Lipinski definition) is 6. The molecule has 0 aliphatic heterocycles. The number of amides is 1. The van der Waals surface area contributed by atoms with Gasteiger partial charge in [0.25, 0.3) is 7.82 Å². The summed E-state index contributed by atoms with van der Waals surface area (Å²) in [6.45, 7) is 4.61. The summed E-state index contributed by atoms with van der Waals surface area (Å²) >= 11 is 0. The zero-order chi connectivity index (χ0) is 32.9. The molecule has 262 valence electrons. The first-order valence-corrected chi connectivity index (χ1v) is 19.5. The predicted octanol–water partition coefficient (Wildman–Crippen LogP) is 8.22. The average Bonchev–Trinajstić information content (AvgIpc) is 2.95. The first-order chi connectivity index (χ1) is 21.0. The van der Waals surface area contributed by atoms with Gasteiger partial charge in [0.05, 0.1) is 39.9 Å². The number of allylic oxidation sites excluding steroid dienone is 1. The quantitative estimate of drug-likeness (QED) is 0.0330. The molecule has 0 heterocycles. The number of carbonyl (C=O) groups is 1. The number of quaternary nitrogens is 1. The second-order valence-corrected chi connectivity index (χ2v) is 15.0. The molecule has 0 aromatic carbocycles. The Bertz CT molecular complexity index is 743. The van der Waals surface area contributed by atoms with Crippen LogP contribution in [0.25, 0.3) is 0 Å². The van der Waals surface area contributed by atoms with Crippen LogP contribution in [0.4, 0.5) is 0 Å². The molecule has 9 heteroatoms. The zero-order valence-electron chi connectivity index (χ0n) is 29.4. The highest BCUT2D eigenvalue weighted by Gasteiger charge is 2.24. The summed E-state index contributed by atoms with van der Waals surface area (Å²) in [5.74, 6) is -0.193.